The molecule has 0 radical (unpaired) electrons. The Bertz CT molecular complexity index is 1160. The molecule has 3 aromatic carbocycles. The first kappa shape index (κ1) is 24.7. The van der Waals surface area contributed by atoms with Gasteiger partial charge in [0, 0.05) is 15.6 Å². The number of alkyl halides is 6. The lowest BCUT2D eigenvalue weighted by Gasteiger charge is -2.17. The van der Waals surface area contributed by atoms with E-state index in [4.69, 9.17) is 0 Å². The molecule has 0 saturated carbocycles. The zero-order chi connectivity index (χ0) is 24.4. The van der Waals surface area contributed by atoms with Gasteiger partial charge in [-0.2, -0.15) is 26.3 Å². The molecule has 9 heteroatoms. The third-order valence-electron chi connectivity index (χ3n) is 4.80. The number of hydrogen-bond donors (Lipinski definition) is 1. The van der Waals surface area contributed by atoms with Crippen molar-refractivity contribution in [3.8, 4) is 0 Å². The average Bonchev–Trinajstić information content (AvgIpc) is 2.77. The van der Waals surface area contributed by atoms with Crippen LogP contribution in [0.4, 0.5) is 26.3 Å². The maximum absolute atomic E-state index is 13.2. The van der Waals surface area contributed by atoms with Crippen molar-refractivity contribution in [1.29, 1.82) is 0 Å². The Balaban J connectivity index is 2.05. The predicted octanol–water partition coefficient (Wildman–Crippen LogP) is 7.49. The van der Waals surface area contributed by atoms with Gasteiger partial charge in [-0.15, -0.1) is 0 Å². The molecule has 2 nitrogen and oxygen atoms in total. The molecule has 0 fully saturated rings. The van der Waals surface area contributed by atoms with E-state index >= 15 is 0 Å². The van der Waals surface area contributed by atoms with Crippen LogP contribution in [0.15, 0.2) is 82.8 Å². The molecule has 3 rings (SSSR count). The second-order valence-electron chi connectivity index (χ2n) is 7.05. The van der Waals surface area contributed by atoms with Crippen LogP contribution >= 0.6 is 15.9 Å². The molecule has 172 valence electrons. The fourth-order valence-corrected chi connectivity index (χ4v) is 3.44. The van der Waals surface area contributed by atoms with Crippen molar-refractivity contribution < 1.29 is 36.2 Å². The highest BCUT2D eigenvalue weighted by Crippen LogP contribution is 2.34. The molecule has 0 aliphatic carbocycles. The van der Waals surface area contributed by atoms with Crippen molar-refractivity contribution in [1.82, 2.24) is 0 Å². The molecule has 0 aromatic heterocycles. The molecule has 1 N–H and O–H groups in total. The maximum atomic E-state index is 13.2. The van der Waals surface area contributed by atoms with Crippen LogP contribution in [-0.2, 0) is 12.4 Å². The van der Waals surface area contributed by atoms with Gasteiger partial charge in [-0.25, -0.2) is 0 Å². The summed E-state index contributed by atoms with van der Waals surface area (Å²) in [5.41, 5.74) is -1.71. The largest absolute Gasteiger partial charge is 0.416 e. The van der Waals surface area contributed by atoms with E-state index < -0.39 is 35.4 Å². The van der Waals surface area contributed by atoms with Gasteiger partial charge in [-0.05, 0) is 47.5 Å². The van der Waals surface area contributed by atoms with Crippen LogP contribution in [0.2, 0.25) is 0 Å². The van der Waals surface area contributed by atoms with Gasteiger partial charge in [0.25, 0.3) is 0 Å². The van der Waals surface area contributed by atoms with Gasteiger partial charge < -0.3 is 5.11 Å². The summed E-state index contributed by atoms with van der Waals surface area (Å²) in [6.07, 6.45) is -9.46. The molecule has 0 amide bonds. The molecule has 0 saturated heterocycles. The van der Waals surface area contributed by atoms with E-state index in [-0.39, 0.29) is 16.7 Å². The van der Waals surface area contributed by atoms with Crippen molar-refractivity contribution in [3.63, 3.8) is 0 Å². The zero-order valence-electron chi connectivity index (χ0n) is 16.6. The number of hydrogen-bond acceptors (Lipinski definition) is 2. The normalized spacial score (nSPS) is 13.6. The highest BCUT2D eigenvalue weighted by Gasteiger charge is 2.32. The summed E-state index contributed by atoms with van der Waals surface area (Å²) in [5, 5.41) is 10.9. The van der Waals surface area contributed by atoms with Gasteiger partial charge in [0.15, 0.2) is 5.78 Å². The maximum Gasteiger partial charge on any atom is 0.416 e. The number of aliphatic hydroxyl groups excluding tert-OH is 1. The van der Waals surface area contributed by atoms with Gasteiger partial charge in [0.2, 0.25) is 0 Å². The summed E-state index contributed by atoms with van der Waals surface area (Å²) in [6, 6.07) is 13.8. The lowest BCUT2D eigenvalue weighted by atomic mass is 9.92. The second-order valence-corrected chi connectivity index (χ2v) is 7.90. The molecule has 0 heterocycles. The number of aliphatic hydroxyl groups is 1. The van der Waals surface area contributed by atoms with E-state index in [0.29, 0.717) is 10.0 Å². The Labute approximate surface area is 193 Å². The van der Waals surface area contributed by atoms with Crippen molar-refractivity contribution in [2.75, 3.05) is 0 Å². The Morgan fingerprint density at radius 2 is 1.27 bits per heavy atom. The third kappa shape index (κ3) is 5.91. The highest BCUT2D eigenvalue weighted by molar-refractivity contribution is 9.10. The topological polar surface area (TPSA) is 37.3 Å². The molecule has 33 heavy (non-hydrogen) atoms. The predicted molar refractivity (Wildman–Crippen MR) is 114 cm³/mol. The Kier molecular flexibility index (Phi) is 7.14. The van der Waals surface area contributed by atoms with Gasteiger partial charge in [0.05, 0.1) is 11.1 Å². The fraction of sp³-hybridized carbons (Fsp3) is 0.125. The first-order valence-electron chi connectivity index (χ1n) is 9.41. The van der Waals surface area contributed by atoms with Crippen LogP contribution in [0.3, 0.4) is 0 Å². The Hall–Kier alpha value is -2.91. The first-order chi connectivity index (χ1) is 15.4. The van der Waals surface area contributed by atoms with E-state index in [9.17, 15) is 36.2 Å². The molecule has 1 unspecified atom stereocenters. The minimum absolute atomic E-state index is 0.0153. The van der Waals surface area contributed by atoms with Crippen LogP contribution in [0.5, 0.6) is 0 Å². The van der Waals surface area contributed by atoms with Gasteiger partial charge >= 0.3 is 12.4 Å². The van der Waals surface area contributed by atoms with E-state index in [1.54, 1.807) is 24.3 Å². The fourth-order valence-electron chi connectivity index (χ4n) is 3.04. The molecular weight excluding hydrogens is 514 g/mol. The monoisotopic (exact) mass is 528 g/mol. The van der Waals surface area contributed by atoms with Crippen LogP contribution < -0.4 is 0 Å². The van der Waals surface area contributed by atoms with E-state index in [2.05, 4.69) is 15.9 Å². The smallest absolute Gasteiger partial charge is 0.384 e. The minimum atomic E-state index is -4.59. The van der Waals surface area contributed by atoms with E-state index in [1.807, 2.05) is 0 Å². The average molecular weight is 529 g/mol. The molecule has 0 spiro atoms. The Morgan fingerprint density at radius 1 is 0.788 bits per heavy atom. The van der Waals surface area contributed by atoms with Gasteiger partial charge in [-0.3, -0.25) is 4.79 Å². The van der Waals surface area contributed by atoms with E-state index in [0.717, 1.165) is 48.5 Å². The quantitative estimate of drug-likeness (QED) is 0.211. The van der Waals surface area contributed by atoms with Crippen LogP contribution in [-0.4, -0.2) is 10.9 Å². The number of rotatable bonds is 5. The summed E-state index contributed by atoms with van der Waals surface area (Å²) in [4.78, 5) is 13.2. The SMILES string of the molecule is O=C(/C(=C\c1ccccc1Br)C(O)c1ccc(C(F)(F)F)cc1)c1ccc(C(F)(F)F)cc1. The van der Waals surface area contributed by atoms with E-state index in [1.165, 1.54) is 6.08 Å². The second kappa shape index (κ2) is 9.52. The lowest BCUT2D eigenvalue weighted by Crippen LogP contribution is -2.13. The molecule has 0 bridgehead atoms. The molecule has 0 aliphatic rings. The number of benzene rings is 3. The van der Waals surface area contributed by atoms with Crippen LogP contribution in [0.1, 0.15) is 38.7 Å². The van der Waals surface area contributed by atoms with Crippen molar-refractivity contribution in [3.05, 3.63) is 111 Å². The third-order valence-corrected chi connectivity index (χ3v) is 5.52. The minimum Gasteiger partial charge on any atom is -0.384 e. The number of carbonyl (C=O) groups is 1. The van der Waals surface area contributed by atoms with Crippen LogP contribution in [0.25, 0.3) is 6.08 Å². The summed E-state index contributed by atoms with van der Waals surface area (Å²) < 4.78 is 77.7. The first-order valence-corrected chi connectivity index (χ1v) is 10.2. The standard InChI is InChI=1S/C24H15BrF6O2/c25-20-4-2-1-3-16(20)13-19(21(32)14-5-9-17(10-6-14)23(26,27)28)22(33)15-7-11-18(12-8-15)24(29,30)31/h1-13,21,32H/b19-13-. The number of halogens is 7. The van der Waals surface area contributed by atoms with Gasteiger partial charge in [0.1, 0.15) is 6.10 Å². The number of Topliss-reactive ketones (excluding diaryl/α,β-unsaturated/α-hetero) is 1. The van der Waals surface area contributed by atoms with Crippen molar-refractivity contribution >= 4 is 27.8 Å². The lowest BCUT2D eigenvalue weighted by molar-refractivity contribution is -0.138. The van der Waals surface area contributed by atoms with Crippen molar-refractivity contribution in [2.45, 2.75) is 18.5 Å². The summed E-state index contributed by atoms with van der Waals surface area (Å²) in [6.45, 7) is 0. The number of carbonyl (C=O) groups excluding carboxylic acids is 1. The summed E-state index contributed by atoms with van der Waals surface area (Å²) >= 11 is 3.31. The molecule has 1 atom stereocenters. The zero-order valence-corrected chi connectivity index (χ0v) is 18.2. The Morgan fingerprint density at radius 3 is 1.76 bits per heavy atom. The molecule has 0 aliphatic heterocycles. The highest BCUT2D eigenvalue weighted by atomic mass is 79.9. The molecule has 3 aromatic rings. The summed E-state index contributed by atoms with van der Waals surface area (Å²) in [5.74, 6) is -0.771. The molecular formula is C24H15BrF6O2. The number of ketones is 1. The van der Waals surface area contributed by atoms with Crippen LogP contribution in [0, 0.1) is 0 Å². The van der Waals surface area contributed by atoms with Gasteiger partial charge in [-0.1, -0.05) is 58.4 Å². The van der Waals surface area contributed by atoms with Crippen molar-refractivity contribution in [2.24, 2.45) is 0 Å². The summed E-state index contributed by atoms with van der Waals surface area (Å²) in [7, 11) is 0.